The fraction of sp³-hybridized carbons (Fsp3) is 0.524. The second-order valence-electron chi connectivity index (χ2n) is 6.86. The lowest BCUT2D eigenvalue weighted by Gasteiger charge is -2.12. The van der Waals surface area contributed by atoms with Crippen LogP contribution in [0.1, 0.15) is 44.1 Å². The van der Waals surface area contributed by atoms with Crippen molar-refractivity contribution in [2.24, 2.45) is 11.8 Å². The lowest BCUT2D eigenvalue weighted by Crippen LogP contribution is -2.01. The predicted octanol–water partition coefficient (Wildman–Crippen LogP) is 5.60. The molecule has 2 aliphatic rings. The molecule has 0 aliphatic heterocycles. The van der Waals surface area contributed by atoms with E-state index in [1.807, 2.05) is 6.08 Å². The number of allylic oxidation sites excluding steroid dienone is 2. The van der Waals surface area contributed by atoms with E-state index in [0.29, 0.717) is 42.1 Å². The molecule has 0 unspecified atom stereocenters. The molecule has 1 aromatic rings. The third kappa shape index (κ3) is 4.86. The van der Waals surface area contributed by atoms with Crippen molar-refractivity contribution in [1.82, 2.24) is 0 Å². The summed E-state index contributed by atoms with van der Waals surface area (Å²) in [6.07, 6.45) is 16.2. The summed E-state index contributed by atoms with van der Waals surface area (Å²) >= 11 is 0. The van der Waals surface area contributed by atoms with Gasteiger partial charge >= 0.3 is 0 Å². The van der Waals surface area contributed by atoms with E-state index in [1.54, 1.807) is 19.1 Å². The SMILES string of the molecule is Cc1c(OC/C=C/C2CCCC2)ccc(OC/C=C/C2CC2)c1F. The highest BCUT2D eigenvalue weighted by Gasteiger charge is 2.17. The average molecular weight is 330 g/mol. The quantitative estimate of drug-likeness (QED) is 0.577. The van der Waals surface area contributed by atoms with Gasteiger partial charge in [-0.1, -0.05) is 37.1 Å². The summed E-state index contributed by atoms with van der Waals surface area (Å²) in [5.74, 6) is 1.97. The molecular formula is C21H27FO2. The highest BCUT2D eigenvalue weighted by molar-refractivity contribution is 5.41. The van der Waals surface area contributed by atoms with Gasteiger partial charge in [0.2, 0.25) is 0 Å². The maximum Gasteiger partial charge on any atom is 0.171 e. The molecular weight excluding hydrogens is 303 g/mol. The molecule has 2 saturated carbocycles. The zero-order valence-corrected chi connectivity index (χ0v) is 14.5. The topological polar surface area (TPSA) is 18.5 Å². The number of hydrogen-bond acceptors (Lipinski definition) is 2. The van der Waals surface area contributed by atoms with E-state index in [4.69, 9.17) is 9.47 Å². The van der Waals surface area contributed by atoms with Crippen LogP contribution in [0.25, 0.3) is 0 Å². The number of benzene rings is 1. The van der Waals surface area contributed by atoms with E-state index in [2.05, 4.69) is 18.2 Å². The minimum absolute atomic E-state index is 0.293. The second-order valence-corrected chi connectivity index (χ2v) is 6.86. The van der Waals surface area contributed by atoms with Crippen LogP contribution in [0.15, 0.2) is 36.4 Å². The molecule has 1 aromatic carbocycles. The molecule has 0 heterocycles. The van der Waals surface area contributed by atoms with Crippen molar-refractivity contribution in [2.75, 3.05) is 13.2 Å². The van der Waals surface area contributed by atoms with E-state index in [1.165, 1.54) is 38.5 Å². The molecule has 2 nitrogen and oxygen atoms in total. The monoisotopic (exact) mass is 330 g/mol. The van der Waals surface area contributed by atoms with Crippen LogP contribution in [0, 0.1) is 24.6 Å². The zero-order valence-electron chi connectivity index (χ0n) is 14.5. The van der Waals surface area contributed by atoms with Crippen LogP contribution in [0.5, 0.6) is 11.5 Å². The molecule has 0 N–H and O–H groups in total. The van der Waals surface area contributed by atoms with Crippen LogP contribution >= 0.6 is 0 Å². The van der Waals surface area contributed by atoms with Gasteiger partial charge in [-0.3, -0.25) is 0 Å². The minimum Gasteiger partial charge on any atom is -0.489 e. The van der Waals surface area contributed by atoms with Crippen LogP contribution < -0.4 is 9.47 Å². The van der Waals surface area contributed by atoms with Crippen LogP contribution in [0.2, 0.25) is 0 Å². The lowest BCUT2D eigenvalue weighted by molar-refractivity contribution is 0.330. The first kappa shape index (κ1) is 17.1. The van der Waals surface area contributed by atoms with E-state index >= 15 is 0 Å². The largest absolute Gasteiger partial charge is 0.489 e. The molecule has 24 heavy (non-hydrogen) atoms. The fourth-order valence-corrected chi connectivity index (χ4v) is 3.12. The lowest BCUT2D eigenvalue weighted by atomic mass is 10.1. The minimum atomic E-state index is -0.327. The maximum atomic E-state index is 14.4. The van der Waals surface area contributed by atoms with Crippen LogP contribution in [0.4, 0.5) is 4.39 Å². The molecule has 0 spiro atoms. The molecule has 0 aromatic heterocycles. The van der Waals surface area contributed by atoms with Crippen molar-refractivity contribution in [2.45, 2.75) is 45.4 Å². The molecule has 130 valence electrons. The summed E-state index contributed by atoms with van der Waals surface area (Å²) in [5, 5.41) is 0. The molecule has 3 heteroatoms. The summed E-state index contributed by atoms with van der Waals surface area (Å²) in [4.78, 5) is 0. The van der Waals surface area contributed by atoms with Crippen LogP contribution in [-0.2, 0) is 0 Å². The highest BCUT2D eigenvalue weighted by Crippen LogP contribution is 2.31. The predicted molar refractivity (Wildman–Crippen MR) is 95.1 cm³/mol. The summed E-state index contributed by atoms with van der Waals surface area (Å²) < 4.78 is 25.6. The van der Waals surface area contributed by atoms with Gasteiger partial charge in [-0.15, -0.1) is 0 Å². The average Bonchev–Trinajstić information content (AvgIpc) is 3.27. The maximum absolute atomic E-state index is 14.4. The van der Waals surface area contributed by atoms with Gasteiger partial charge < -0.3 is 9.47 Å². The first-order chi connectivity index (χ1) is 11.7. The van der Waals surface area contributed by atoms with Crippen molar-refractivity contribution >= 4 is 0 Å². The van der Waals surface area contributed by atoms with Crippen molar-refractivity contribution in [1.29, 1.82) is 0 Å². The Balaban J connectivity index is 1.49. The van der Waals surface area contributed by atoms with Gasteiger partial charge in [0.1, 0.15) is 19.0 Å². The Kier molecular flexibility index (Phi) is 5.95. The van der Waals surface area contributed by atoms with Gasteiger partial charge in [0, 0.05) is 5.56 Å². The zero-order chi connectivity index (χ0) is 16.8. The Morgan fingerprint density at radius 1 is 0.917 bits per heavy atom. The summed E-state index contributed by atoms with van der Waals surface area (Å²) in [6.45, 7) is 2.64. The number of rotatable bonds is 8. The van der Waals surface area contributed by atoms with Gasteiger partial charge in [0.05, 0.1) is 0 Å². The van der Waals surface area contributed by atoms with Crippen LogP contribution in [0.3, 0.4) is 0 Å². The van der Waals surface area contributed by atoms with E-state index < -0.39 is 0 Å². The highest BCUT2D eigenvalue weighted by atomic mass is 19.1. The first-order valence-corrected chi connectivity index (χ1v) is 9.12. The van der Waals surface area contributed by atoms with Crippen molar-refractivity contribution in [3.63, 3.8) is 0 Å². The van der Waals surface area contributed by atoms with Gasteiger partial charge in [-0.25, -0.2) is 4.39 Å². The Labute approximate surface area is 144 Å². The number of halogens is 1. The normalized spacial score (nSPS) is 18.8. The molecule has 0 radical (unpaired) electrons. The number of hydrogen-bond donors (Lipinski definition) is 0. The fourth-order valence-electron chi connectivity index (χ4n) is 3.12. The third-order valence-electron chi connectivity index (χ3n) is 4.81. The van der Waals surface area contributed by atoms with Gasteiger partial charge in [-0.05, 0) is 56.6 Å². The van der Waals surface area contributed by atoms with E-state index in [0.717, 1.165) is 0 Å². The summed E-state index contributed by atoms with van der Waals surface area (Å²) in [7, 11) is 0. The van der Waals surface area contributed by atoms with Gasteiger partial charge in [0.15, 0.2) is 11.6 Å². The Morgan fingerprint density at radius 2 is 1.46 bits per heavy atom. The van der Waals surface area contributed by atoms with E-state index in [-0.39, 0.29) is 5.82 Å². The Hall–Kier alpha value is -1.77. The Morgan fingerprint density at radius 3 is 2.08 bits per heavy atom. The van der Waals surface area contributed by atoms with Crippen molar-refractivity contribution < 1.29 is 13.9 Å². The van der Waals surface area contributed by atoms with Crippen molar-refractivity contribution in [3.8, 4) is 11.5 Å². The molecule has 2 aliphatic carbocycles. The second kappa shape index (κ2) is 8.36. The molecule has 0 atom stereocenters. The first-order valence-electron chi connectivity index (χ1n) is 9.12. The van der Waals surface area contributed by atoms with Gasteiger partial charge in [0.25, 0.3) is 0 Å². The molecule has 0 saturated heterocycles. The summed E-state index contributed by atoms with van der Waals surface area (Å²) in [6, 6.07) is 3.45. The van der Waals surface area contributed by atoms with Crippen molar-refractivity contribution in [3.05, 3.63) is 47.8 Å². The number of ether oxygens (including phenoxy) is 2. The van der Waals surface area contributed by atoms with Gasteiger partial charge in [-0.2, -0.15) is 0 Å². The Bertz CT molecular complexity index is 596. The smallest absolute Gasteiger partial charge is 0.171 e. The standard InChI is InChI=1S/C21H27FO2/c1-16-19(23-14-4-8-17-6-2-3-7-17)12-13-20(21(16)22)24-15-5-9-18-10-11-18/h4-5,8-9,12-13,17-18H,2-3,6-7,10-11,14-15H2,1H3/b8-4+,9-5+. The van der Waals surface area contributed by atoms with Crippen LogP contribution in [-0.4, -0.2) is 13.2 Å². The van der Waals surface area contributed by atoms with E-state index in [9.17, 15) is 4.39 Å². The summed E-state index contributed by atoms with van der Waals surface area (Å²) in [5.41, 5.74) is 0.507. The molecule has 2 fully saturated rings. The third-order valence-corrected chi connectivity index (χ3v) is 4.81. The molecule has 3 rings (SSSR count). The molecule has 0 bridgehead atoms. The molecule has 0 amide bonds.